The zero-order chi connectivity index (χ0) is 20.4. The van der Waals surface area contributed by atoms with Gasteiger partial charge in [0, 0.05) is 10.7 Å². The number of hydrogen-bond donors (Lipinski definition) is 3. The molecule has 144 valence electrons. The number of rotatable bonds is 5. The summed E-state index contributed by atoms with van der Waals surface area (Å²) >= 11 is 11.5. The summed E-state index contributed by atoms with van der Waals surface area (Å²) in [7, 11) is 0. The minimum absolute atomic E-state index is 0.0475. The van der Waals surface area contributed by atoms with Gasteiger partial charge in [-0.1, -0.05) is 23.2 Å². The predicted molar refractivity (Wildman–Crippen MR) is 98.1 cm³/mol. The smallest absolute Gasteiger partial charge is 0.374 e. The van der Waals surface area contributed by atoms with Gasteiger partial charge in [0.1, 0.15) is 6.04 Å². The Labute approximate surface area is 162 Å². The van der Waals surface area contributed by atoms with Crippen molar-refractivity contribution < 1.29 is 22.8 Å². The third-order valence-electron chi connectivity index (χ3n) is 3.55. The number of primary amides is 1. The van der Waals surface area contributed by atoms with Crippen LogP contribution in [0.15, 0.2) is 36.4 Å². The molecule has 4 N–H and O–H groups in total. The van der Waals surface area contributed by atoms with E-state index in [2.05, 4.69) is 10.6 Å². The first-order valence-electron chi connectivity index (χ1n) is 7.52. The number of nitrogens with two attached hydrogens (primary N) is 1. The van der Waals surface area contributed by atoms with Gasteiger partial charge in [-0.2, -0.15) is 13.2 Å². The lowest BCUT2D eigenvalue weighted by atomic mass is 10.1. The fraction of sp³-hybridized carbons (Fsp3) is 0.176. The van der Waals surface area contributed by atoms with Crippen LogP contribution in [0.2, 0.25) is 10.0 Å². The molecule has 2 aromatic carbocycles. The Bertz CT molecular complexity index is 888. The minimum Gasteiger partial charge on any atom is -0.374 e. The van der Waals surface area contributed by atoms with E-state index < -0.39 is 35.3 Å². The van der Waals surface area contributed by atoms with Crippen molar-refractivity contribution in [2.45, 2.75) is 19.1 Å². The van der Waals surface area contributed by atoms with Gasteiger partial charge in [0.2, 0.25) is 11.8 Å². The van der Waals surface area contributed by atoms with Crippen LogP contribution in [0.3, 0.4) is 0 Å². The van der Waals surface area contributed by atoms with E-state index in [4.69, 9.17) is 28.9 Å². The van der Waals surface area contributed by atoms with Gasteiger partial charge in [0.15, 0.2) is 0 Å². The zero-order valence-electron chi connectivity index (χ0n) is 13.8. The molecular formula is C17H14Cl2F3N3O2. The van der Waals surface area contributed by atoms with Gasteiger partial charge >= 0.3 is 6.18 Å². The summed E-state index contributed by atoms with van der Waals surface area (Å²) in [5, 5.41) is 5.02. The summed E-state index contributed by atoms with van der Waals surface area (Å²) in [5.41, 5.74) is 4.12. The monoisotopic (exact) mass is 419 g/mol. The molecular weight excluding hydrogens is 406 g/mol. The molecule has 0 saturated heterocycles. The van der Waals surface area contributed by atoms with Crippen molar-refractivity contribution >= 4 is 46.4 Å². The lowest BCUT2D eigenvalue weighted by Gasteiger charge is -2.18. The van der Waals surface area contributed by atoms with Gasteiger partial charge in [-0.3, -0.25) is 9.59 Å². The van der Waals surface area contributed by atoms with Crippen LogP contribution in [0.1, 0.15) is 22.8 Å². The van der Waals surface area contributed by atoms with E-state index >= 15 is 0 Å². The second kappa shape index (κ2) is 8.06. The van der Waals surface area contributed by atoms with Crippen LogP contribution in [0.25, 0.3) is 0 Å². The Hall–Kier alpha value is -2.45. The fourth-order valence-electron chi connectivity index (χ4n) is 2.22. The van der Waals surface area contributed by atoms with Crippen LogP contribution in [0, 0.1) is 0 Å². The second-order valence-corrected chi connectivity index (χ2v) is 6.45. The van der Waals surface area contributed by atoms with Crippen molar-refractivity contribution in [3.05, 3.63) is 57.6 Å². The molecule has 0 bridgehead atoms. The van der Waals surface area contributed by atoms with Gasteiger partial charge in [-0.25, -0.2) is 0 Å². The Morgan fingerprint density at radius 1 is 1.11 bits per heavy atom. The molecule has 1 atom stereocenters. The predicted octanol–water partition coefficient (Wildman–Crippen LogP) is 4.55. The molecule has 10 heteroatoms. The molecule has 0 aliphatic heterocycles. The Kier molecular flexibility index (Phi) is 6.22. The van der Waals surface area contributed by atoms with Crippen LogP contribution in [-0.2, 0) is 11.0 Å². The topological polar surface area (TPSA) is 84.2 Å². The molecule has 0 fully saturated rings. The molecule has 27 heavy (non-hydrogen) atoms. The van der Waals surface area contributed by atoms with Crippen LogP contribution in [0.5, 0.6) is 0 Å². The molecule has 2 rings (SSSR count). The number of hydrogen-bond acceptors (Lipinski definition) is 3. The van der Waals surface area contributed by atoms with Crippen molar-refractivity contribution in [1.29, 1.82) is 0 Å². The van der Waals surface area contributed by atoms with Crippen molar-refractivity contribution in [2.24, 2.45) is 5.73 Å². The lowest BCUT2D eigenvalue weighted by molar-refractivity contribution is -0.137. The van der Waals surface area contributed by atoms with E-state index in [1.54, 1.807) is 0 Å². The van der Waals surface area contributed by atoms with E-state index in [0.29, 0.717) is 5.69 Å². The fourth-order valence-corrected chi connectivity index (χ4v) is 2.60. The molecule has 0 heterocycles. The van der Waals surface area contributed by atoms with E-state index in [9.17, 15) is 22.8 Å². The average Bonchev–Trinajstić information content (AvgIpc) is 2.56. The first-order valence-corrected chi connectivity index (χ1v) is 8.28. The Balaban J connectivity index is 2.18. The lowest BCUT2D eigenvalue weighted by Crippen LogP contribution is -2.32. The highest BCUT2D eigenvalue weighted by Gasteiger charge is 2.34. The van der Waals surface area contributed by atoms with Crippen LogP contribution in [0.4, 0.5) is 24.5 Å². The summed E-state index contributed by atoms with van der Waals surface area (Å²) in [6.45, 7) is 1.44. The maximum atomic E-state index is 13.1. The third kappa shape index (κ3) is 5.27. The number of alkyl halides is 3. The third-order valence-corrected chi connectivity index (χ3v) is 4.12. The number of nitrogens with one attached hydrogen (secondary N) is 2. The van der Waals surface area contributed by atoms with Gasteiger partial charge in [0.05, 0.1) is 21.8 Å². The van der Waals surface area contributed by atoms with Gasteiger partial charge < -0.3 is 16.4 Å². The highest BCUT2D eigenvalue weighted by atomic mass is 35.5. The van der Waals surface area contributed by atoms with Crippen LogP contribution in [-0.4, -0.2) is 17.9 Å². The summed E-state index contributed by atoms with van der Waals surface area (Å²) < 4.78 is 39.3. The quantitative estimate of drug-likeness (QED) is 0.664. The largest absolute Gasteiger partial charge is 0.418 e. The van der Waals surface area contributed by atoms with Crippen molar-refractivity contribution in [3.63, 3.8) is 0 Å². The summed E-state index contributed by atoms with van der Waals surface area (Å²) in [6.07, 6.45) is -4.68. The summed E-state index contributed by atoms with van der Waals surface area (Å²) in [5.74, 6) is -1.48. The van der Waals surface area contributed by atoms with Crippen molar-refractivity contribution in [2.75, 3.05) is 10.6 Å². The first kappa shape index (κ1) is 20.9. The summed E-state index contributed by atoms with van der Waals surface area (Å²) in [4.78, 5) is 23.6. The van der Waals surface area contributed by atoms with Gasteiger partial charge in [-0.05, 0) is 43.3 Å². The molecule has 0 aromatic heterocycles. The normalized spacial score (nSPS) is 12.4. The molecule has 0 saturated carbocycles. The van der Waals surface area contributed by atoms with Gasteiger partial charge in [0.25, 0.3) is 0 Å². The molecule has 0 aliphatic rings. The number of carbonyl (C=O) groups excluding carboxylic acids is 2. The number of benzene rings is 2. The summed E-state index contributed by atoms with van der Waals surface area (Å²) in [6, 6.07) is 6.37. The molecule has 0 radical (unpaired) electrons. The molecule has 2 aromatic rings. The number of anilines is 2. The van der Waals surface area contributed by atoms with E-state index in [-0.39, 0.29) is 15.6 Å². The zero-order valence-corrected chi connectivity index (χ0v) is 15.3. The number of halogens is 5. The van der Waals surface area contributed by atoms with E-state index in [1.165, 1.54) is 31.2 Å². The molecule has 0 aliphatic carbocycles. The number of carbonyl (C=O) groups is 2. The highest BCUT2D eigenvalue weighted by Crippen LogP contribution is 2.36. The molecule has 5 nitrogen and oxygen atoms in total. The average molecular weight is 420 g/mol. The molecule has 2 amide bonds. The van der Waals surface area contributed by atoms with Crippen LogP contribution >= 0.6 is 23.2 Å². The SMILES string of the molecule is C[C@@H](Nc1ccc(Cl)c(C(N)=O)c1)C(=O)Nc1ccc(Cl)cc1C(F)(F)F. The van der Waals surface area contributed by atoms with Crippen LogP contribution < -0.4 is 16.4 Å². The highest BCUT2D eigenvalue weighted by molar-refractivity contribution is 6.34. The molecule has 0 unspecified atom stereocenters. The standard InChI is InChI=1S/C17H14Cl2F3N3O2/c1-8(24-10-3-4-13(19)11(7-10)15(23)26)16(27)25-14-5-2-9(18)6-12(14)17(20,21)22/h2-8,24H,1H3,(H2,23,26)(H,25,27)/t8-/m1/s1. The number of amides is 2. The van der Waals surface area contributed by atoms with Crippen molar-refractivity contribution in [3.8, 4) is 0 Å². The van der Waals surface area contributed by atoms with E-state index in [1.807, 2.05) is 0 Å². The Morgan fingerprint density at radius 3 is 2.37 bits per heavy atom. The second-order valence-electron chi connectivity index (χ2n) is 5.60. The van der Waals surface area contributed by atoms with Crippen molar-refractivity contribution in [1.82, 2.24) is 0 Å². The van der Waals surface area contributed by atoms with Gasteiger partial charge in [-0.15, -0.1) is 0 Å². The maximum Gasteiger partial charge on any atom is 0.418 e. The maximum absolute atomic E-state index is 13.1. The van der Waals surface area contributed by atoms with E-state index in [0.717, 1.165) is 12.1 Å². The minimum atomic E-state index is -4.68. The molecule has 0 spiro atoms. The Morgan fingerprint density at radius 2 is 1.78 bits per heavy atom. The first-order chi connectivity index (χ1) is 12.5.